The van der Waals surface area contributed by atoms with E-state index in [1.54, 1.807) is 0 Å². The van der Waals surface area contributed by atoms with Crippen LogP contribution in [0, 0.1) is 0 Å². The van der Waals surface area contributed by atoms with Gasteiger partial charge in [0.15, 0.2) is 6.67 Å². The molecule has 0 saturated heterocycles. The molecule has 2 nitrogen and oxygen atoms in total. The summed E-state index contributed by atoms with van der Waals surface area (Å²) in [5.74, 6) is 0. The van der Waals surface area contributed by atoms with Crippen LogP contribution in [0.1, 0.15) is 117 Å². The first-order valence-electron chi connectivity index (χ1n) is 12.0. The predicted molar refractivity (Wildman–Crippen MR) is 117 cm³/mol. The van der Waals surface area contributed by atoms with Crippen molar-refractivity contribution in [1.82, 2.24) is 4.90 Å². The van der Waals surface area contributed by atoms with E-state index in [1.807, 2.05) is 0 Å². The second kappa shape index (κ2) is 15.5. The minimum absolute atomic E-state index is 1.13. The lowest BCUT2D eigenvalue weighted by molar-refractivity contribution is -0.861. The zero-order valence-corrected chi connectivity index (χ0v) is 18.5. The van der Waals surface area contributed by atoms with Crippen LogP contribution in [0.5, 0.6) is 0 Å². The van der Waals surface area contributed by atoms with Crippen molar-refractivity contribution in [3.63, 3.8) is 0 Å². The number of unbranched alkanes of at least 4 members (excludes halogenated alkanes) is 14. The first kappa shape index (κ1) is 23.5. The Kier molecular flexibility index (Phi) is 14.1. The molecule has 0 aromatic carbocycles. The largest absolute Gasteiger partial charge is 0.326 e. The Hall–Kier alpha value is -0.500. The molecule has 1 heterocycles. The van der Waals surface area contributed by atoms with Gasteiger partial charge in [-0.3, -0.25) is 4.48 Å². The quantitative estimate of drug-likeness (QED) is 0.180. The Labute approximate surface area is 165 Å². The van der Waals surface area contributed by atoms with Crippen molar-refractivity contribution in [1.29, 1.82) is 0 Å². The second-order valence-electron chi connectivity index (χ2n) is 8.90. The highest BCUT2D eigenvalue weighted by Gasteiger charge is 2.26. The van der Waals surface area contributed by atoms with E-state index in [0.717, 1.165) is 4.48 Å². The van der Waals surface area contributed by atoms with Crippen LogP contribution in [-0.4, -0.2) is 36.2 Å². The van der Waals surface area contributed by atoms with Gasteiger partial charge in [-0.2, -0.15) is 0 Å². The van der Waals surface area contributed by atoms with Gasteiger partial charge in [-0.1, -0.05) is 97.3 Å². The molecule has 1 atom stereocenters. The lowest BCUT2D eigenvalue weighted by Gasteiger charge is -2.28. The third kappa shape index (κ3) is 12.0. The Morgan fingerprint density at radius 3 is 1.65 bits per heavy atom. The number of hydrogen-bond acceptors (Lipinski definition) is 1. The Morgan fingerprint density at radius 2 is 1.12 bits per heavy atom. The van der Waals surface area contributed by atoms with Crippen LogP contribution < -0.4 is 0 Å². The van der Waals surface area contributed by atoms with E-state index in [9.17, 15) is 0 Å². The lowest BCUT2D eigenvalue weighted by Crippen LogP contribution is -2.41. The smallest absolute Gasteiger partial charge is 0.158 e. The summed E-state index contributed by atoms with van der Waals surface area (Å²) in [6.07, 6.45) is 27.5. The molecule has 0 bridgehead atoms. The standard InChI is InChI=1S/C24H49N2/c1-4-6-8-10-12-14-16-18-20-25-21-23-26(3,24-25)22-19-17-15-13-11-9-7-5-2/h21,23H,4-20,22,24H2,1-3H3/q+1. The van der Waals surface area contributed by atoms with E-state index in [0.29, 0.717) is 0 Å². The molecule has 0 aromatic rings. The molecular weight excluding hydrogens is 316 g/mol. The highest BCUT2D eigenvalue weighted by molar-refractivity contribution is 4.81. The predicted octanol–water partition coefficient (Wildman–Crippen LogP) is 7.46. The van der Waals surface area contributed by atoms with Gasteiger partial charge in [-0.15, -0.1) is 0 Å². The van der Waals surface area contributed by atoms with E-state index in [2.05, 4.69) is 38.2 Å². The summed E-state index contributed by atoms with van der Waals surface area (Å²) in [7, 11) is 2.41. The molecule has 0 amide bonds. The molecule has 0 fully saturated rings. The van der Waals surface area contributed by atoms with Gasteiger partial charge in [0.1, 0.15) is 6.20 Å². The number of nitrogens with zero attached hydrogens (tertiary/aromatic N) is 2. The van der Waals surface area contributed by atoms with E-state index in [4.69, 9.17) is 0 Å². The van der Waals surface area contributed by atoms with Crippen molar-refractivity contribution in [2.24, 2.45) is 0 Å². The van der Waals surface area contributed by atoms with E-state index in [-0.39, 0.29) is 0 Å². The topological polar surface area (TPSA) is 3.24 Å². The van der Waals surface area contributed by atoms with Gasteiger partial charge < -0.3 is 4.90 Å². The molecule has 1 aliphatic heterocycles. The van der Waals surface area contributed by atoms with Crippen molar-refractivity contribution >= 4 is 0 Å². The van der Waals surface area contributed by atoms with Gasteiger partial charge in [0, 0.05) is 6.54 Å². The summed E-state index contributed by atoms with van der Waals surface area (Å²) in [6, 6.07) is 0. The zero-order valence-electron chi connectivity index (χ0n) is 18.5. The van der Waals surface area contributed by atoms with Crippen molar-refractivity contribution < 1.29 is 4.48 Å². The first-order chi connectivity index (χ1) is 12.7. The van der Waals surface area contributed by atoms with Gasteiger partial charge in [0.25, 0.3) is 0 Å². The molecule has 0 spiro atoms. The van der Waals surface area contributed by atoms with Crippen molar-refractivity contribution in [2.75, 3.05) is 26.8 Å². The molecule has 0 N–H and O–H groups in total. The van der Waals surface area contributed by atoms with Crippen molar-refractivity contribution in [2.45, 2.75) is 117 Å². The average Bonchev–Trinajstić information content (AvgIpc) is 3.01. The maximum Gasteiger partial charge on any atom is 0.158 e. The molecule has 0 saturated carbocycles. The summed E-state index contributed by atoms with van der Waals surface area (Å²) in [6.45, 7) is 8.37. The zero-order chi connectivity index (χ0) is 18.9. The Bertz CT molecular complexity index is 339. The van der Waals surface area contributed by atoms with Gasteiger partial charge in [-0.05, 0) is 19.3 Å². The number of hydrogen-bond donors (Lipinski definition) is 0. The van der Waals surface area contributed by atoms with Gasteiger partial charge in [0.2, 0.25) is 0 Å². The van der Waals surface area contributed by atoms with Crippen LogP contribution in [0.2, 0.25) is 0 Å². The maximum atomic E-state index is 2.56. The monoisotopic (exact) mass is 365 g/mol. The molecule has 0 radical (unpaired) electrons. The summed E-state index contributed by atoms with van der Waals surface area (Å²) >= 11 is 0. The van der Waals surface area contributed by atoms with Crippen LogP contribution in [-0.2, 0) is 0 Å². The third-order valence-corrected chi connectivity index (χ3v) is 5.96. The number of rotatable bonds is 18. The normalized spacial score (nSPS) is 19.6. The highest BCUT2D eigenvalue weighted by atomic mass is 15.5. The van der Waals surface area contributed by atoms with Gasteiger partial charge >= 0.3 is 0 Å². The Morgan fingerprint density at radius 1 is 0.654 bits per heavy atom. The van der Waals surface area contributed by atoms with E-state index < -0.39 is 0 Å². The second-order valence-corrected chi connectivity index (χ2v) is 8.90. The van der Waals surface area contributed by atoms with Crippen molar-refractivity contribution in [3.05, 3.63) is 12.4 Å². The molecule has 0 aromatic heterocycles. The summed E-state index contributed by atoms with van der Waals surface area (Å²) < 4.78 is 1.13. The molecule has 1 aliphatic rings. The lowest BCUT2D eigenvalue weighted by atomic mass is 10.1. The highest BCUT2D eigenvalue weighted by Crippen LogP contribution is 2.19. The van der Waals surface area contributed by atoms with Crippen LogP contribution in [0.15, 0.2) is 12.4 Å². The van der Waals surface area contributed by atoms with Crippen LogP contribution in [0.25, 0.3) is 0 Å². The molecule has 154 valence electrons. The molecule has 26 heavy (non-hydrogen) atoms. The van der Waals surface area contributed by atoms with E-state index in [1.165, 1.54) is 122 Å². The maximum absolute atomic E-state index is 2.56. The fourth-order valence-corrected chi connectivity index (χ4v) is 4.11. The fraction of sp³-hybridized carbons (Fsp3) is 0.917. The van der Waals surface area contributed by atoms with E-state index >= 15 is 0 Å². The third-order valence-electron chi connectivity index (χ3n) is 5.96. The van der Waals surface area contributed by atoms with Gasteiger partial charge in [-0.25, -0.2) is 0 Å². The SMILES string of the molecule is CCCCCCCCCCN1C=C[N+](C)(CCCCCCCCCC)C1. The molecule has 0 aliphatic carbocycles. The summed E-state index contributed by atoms with van der Waals surface area (Å²) in [5, 5.41) is 0. The van der Waals surface area contributed by atoms with Crippen molar-refractivity contribution in [3.8, 4) is 0 Å². The van der Waals surface area contributed by atoms with Crippen LogP contribution in [0.4, 0.5) is 0 Å². The molecule has 2 heteroatoms. The van der Waals surface area contributed by atoms with Crippen LogP contribution in [0.3, 0.4) is 0 Å². The molecular formula is C24H49N2+. The summed E-state index contributed by atoms with van der Waals surface area (Å²) in [4.78, 5) is 2.56. The van der Waals surface area contributed by atoms with Crippen LogP contribution >= 0.6 is 0 Å². The first-order valence-corrected chi connectivity index (χ1v) is 12.0. The Balaban J connectivity index is 1.95. The average molecular weight is 366 g/mol. The fourth-order valence-electron chi connectivity index (χ4n) is 4.11. The van der Waals surface area contributed by atoms with Gasteiger partial charge in [0.05, 0.1) is 19.8 Å². The summed E-state index contributed by atoms with van der Waals surface area (Å²) in [5.41, 5.74) is 0. The number of quaternary nitrogens is 1. The molecule has 1 unspecified atom stereocenters. The minimum atomic E-state index is 1.13. The molecule has 1 rings (SSSR count). The minimum Gasteiger partial charge on any atom is -0.326 e.